The van der Waals surface area contributed by atoms with Crippen molar-refractivity contribution in [1.29, 1.82) is 0 Å². The number of ether oxygens (including phenoxy) is 3. The van der Waals surface area contributed by atoms with Crippen molar-refractivity contribution >= 4 is 74.6 Å². The molecule has 1 aliphatic heterocycles. The minimum absolute atomic E-state index is 0.223. The van der Waals surface area contributed by atoms with Gasteiger partial charge in [0.15, 0.2) is 11.7 Å². The number of amides is 1. The summed E-state index contributed by atoms with van der Waals surface area (Å²) >= 11 is 20.8. The van der Waals surface area contributed by atoms with E-state index in [0.717, 1.165) is 11.1 Å². The van der Waals surface area contributed by atoms with Gasteiger partial charge in [-0.3, -0.25) is 4.79 Å². The van der Waals surface area contributed by atoms with E-state index in [9.17, 15) is 9.59 Å². The molecular formula is C30H27BrCl2N4O5S. The molecule has 0 radical (unpaired) electrons. The fraction of sp³-hybridized carbons (Fsp3) is 0.200. The highest BCUT2D eigenvalue weighted by Gasteiger charge is 2.32. The Morgan fingerprint density at radius 3 is 2.60 bits per heavy atom. The van der Waals surface area contributed by atoms with Crippen LogP contribution < -0.4 is 25.5 Å². The van der Waals surface area contributed by atoms with Crippen molar-refractivity contribution in [3.05, 3.63) is 103 Å². The Kier molecular flexibility index (Phi) is 11.4. The van der Waals surface area contributed by atoms with Crippen LogP contribution in [-0.2, 0) is 20.9 Å². The highest BCUT2D eigenvalue weighted by molar-refractivity contribution is 9.10. The van der Waals surface area contributed by atoms with Crippen LogP contribution in [-0.4, -0.2) is 36.4 Å². The van der Waals surface area contributed by atoms with Crippen molar-refractivity contribution in [3.63, 3.8) is 0 Å². The zero-order valence-corrected chi connectivity index (χ0v) is 27.0. The standard InChI is InChI=1S/C30H27BrCl2N4O5S/c1-3-40-29(39)27-17(2)35-30(43)36-28(27)20-6-4-5-7-24(20)42-16-26(38)37-34-14-18-9-11-25(21(31)12-18)41-15-19-8-10-22(32)23(33)13-19/h4-14,28H,3,15-16H2,1-2H3,(H,37,38)(H2,35,36,43)/t28-/m0/s1. The lowest BCUT2D eigenvalue weighted by Crippen LogP contribution is -2.45. The number of carbonyl (C=O) groups is 2. The summed E-state index contributed by atoms with van der Waals surface area (Å²) in [6.07, 6.45) is 1.50. The molecule has 3 aromatic rings. The molecule has 3 N–H and O–H groups in total. The second-order valence-corrected chi connectivity index (χ2v) is 11.2. The SMILES string of the molecule is CCOC(=O)C1=C(C)NC(=S)N[C@H]1c1ccccc1OCC(=O)NN=Cc1ccc(OCc2ccc(Cl)c(Cl)c2)c(Br)c1. The van der Waals surface area contributed by atoms with Gasteiger partial charge in [-0.05, 0) is 89.5 Å². The number of allylic oxidation sites excluding steroid dienone is 1. The van der Waals surface area contributed by atoms with Gasteiger partial charge in [0.05, 0.1) is 39.0 Å². The van der Waals surface area contributed by atoms with Crippen LogP contribution in [0.3, 0.4) is 0 Å². The second-order valence-electron chi connectivity index (χ2n) is 9.14. The van der Waals surface area contributed by atoms with Gasteiger partial charge in [-0.1, -0.05) is 47.5 Å². The molecule has 0 saturated heterocycles. The summed E-state index contributed by atoms with van der Waals surface area (Å²) < 4.78 is 17.6. The first kappa shape index (κ1) is 32.3. The quantitative estimate of drug-likeness (QED) is 0.0934. The molecule has 0 aliphatic carbocycles. The number of hydrogen-bond donors (Lipinski definition) is 3. The van der Waals surface area contributed by atoms with Crippen LogP contribution in [0.1, 0.15) is 36.6 Å². The Morgan fingerprint density at radius 1 is 1.07 bits per heavy atom. The van der Waals surface area contributed by atoms with Crippen LogP contribution in [0, 0.1) is 0 Å². The Morgan fingerprint density at radius 2 is 1.86 bits per heavy atom. The van der Waals surface area contributed by atoms with E-state index in [2.05, 4.69) is 37.1 Å². The number of rotatable bonds is 11. The fourth-order valence-corrected chi connectivity index (χ4v) is 5.22. The molecule has 0 spiro atoms. The highest BCUT2D eigenvalue weighted by Crippen LogP contribution is 2.33. The molecule has 0 bridgehead atoms. The van der Waals surface area contributed by atoms with E-state index in [1.54, 1.807) is 68.4 Å². The summed E-state index contributed by atoms with van der Waals surface area (Å²) in [6, 6.07) is 17.1. The van der Waals surface area contributed by atoms with E-state index in [-0.39, 0.29) is 13.2 Å². The third kappa shape index (κ3) is 8.70. The molecule has 0 aromatic heterocycles. The summed E-state index contributed by atoms with van der Waals surface area (Å²) in [7, 11) is 0. The molecule has 0 fully saturated rings. The van der Waals surface area contributed by atoms with Gasteiger partial charge in [-0.2, -0.15) is 5.10 Å². The number of hydrogen-bond acceptors (Lipinski definition) is 7. The first-order chi connectivity index (χ1) is 20.7. The molecule has 0 unspecified atom stereocenters. The number of halogens is 3. The van der Waals surface area contributed by atoms with E-state index < -0.39 is 17.9 Å². The molecule has 4 rings (SSSR count). The van der Waals surface area contributed by atoms with Gasteiger partial charge in [-0.15, -0.1) is 0 Å². The van der Waals surface area contributed by atoms with E-state index in [1.165, 1.54) is 6.21 Å². The molecule has 1 amide bonds. The fourth-order valence-electron chi connectivity index (χ4n) is 4.12. The van der Waals surface area contributed by atoms with Crippen LogP contribution >= 0.6 is 51.3 Å². The van der Waals surface area contributed by atoms with E-state index >= 15 is 0 Å². The molecule has 224 valence electrons. The summed E-state index contributed by atoms with van der Waals surface area (Å²) in [5.41, 5.74) is 5.62. The summed E-state index contributed by atoms with van der Waals surface area (Å²) in [4.78, 5) is 25.2. The van der Waals surface area contributed by atoms with Gasteiger partial charge in [0.2, 0.25) is 0 Å². The zero-order valence-electron chi connectivity index (χ0n) is 23.1. The summed E-state index contributed by atoms with van der Waals surface area (Å²) in [5, 5.41) is 11.4. The molecule has 1 atom stereocenters. The average Bonchev–Trinajstić information content (AvgIpc) is 2.97. The van der Waals surface area contributed by atoms with Crippen molar-refractivity contribution in [3.8, 4) is 11.5 Å². The van der Waals surface area contributed by atoms with E-state index in [0.29, 0.717) is 54.6 Å². The van der Waals surface area contributed by atoms with Crippen molar-refractivity contribution in [2.45, 2.75) is 26.5 Å². The number of hydrazone groups is 1. The maximum absolute atomic E-state index is 12.7. The predicted octanol–water partition coefficient (Wildman–Crippen LogP) is 6.22. The number of esters is 1. The maximum Gasteiger partial charge on any atom is 0.338 e. The average molecular weight is 706 g/mol. The van der Waals surface area contributed by atoms with Gasteiger partial charge >= 0.3 is 5.97 Å². The van der Waals surface area contributed by atoms with Gasteiger partial charge in [0.25, 0.3) is 5.91 Å². The lowest BCUT2D eigenvalue weighted by Gasteiger charge is -2.30. The number of carbonyl (C=O) groups excluding carboxylic acids is 2. The van der Waals surface area contributed by atoms with Crippen LogP contribution in [0.2, 0.25) is 10.0 Å². The predicted molar refractivity (Wildman–Crippen MR) is 174 cm³/mol. The van der Waals surface area contributed by atoms with Crippen molar-refractivity contribution in [2.24, 2.45) is 5.10 Å². The third-order valence-corrected chi connectivity index (χ3v) is 7.67. The first-order valence-electron chi connectivity index (χ1n) is 13.0. The second kappa shape index (κ2) is 15.2. The lowest BCUT2D eigenvalue weighted by molar-refractivity contribution is -0.139. The number of benzene rings is 3. The normalized spacial score (nSPS) is 14.6. The van der Waals surface area contributed by atoms with Gasteiger partial charge in [0, 0.05) is 11.3 Å². The lowest BCUT2D eigenvalue weighted by atomic mass is 9.95. The maximum atomic E-state index is 12.7. The molecule has 1 heterocycles. The van der Waals surface area contributed by atoms with Crippen LogP contribution in [0.5, 0.6) is 11.5 Å². The van der Waals surface area contributed by atoms with Gasteiger partial charge < -0.3 is 24.8 Å². The molecule has 0 saturated carbocycles. The van der Waals surface area contributed by atoms with E-state index in [4.69, 9.17) is 49.6 Å². The molecular weight excluding hydrogens is 679 g/mol. The summed E-state index contributed by atoms with van der Waals surface area (Å²) in [5.74, 6) is 0.0724. The Hall–Kier alpha value is -3.64. The first-order valence-corrected chi connectivity index (χ1v) is 15.0. The topological polar surface area (TPSA) is 110 Å². The largest absolute Gasteiger partial charge is 0.488 e. The van der Waals surface area contributed by atoms with Gasteiger partial charge in [0.1, 0.15) is 18.1 Å². The smallest absolute Gasteiger partial charge is 0.338 e. The summed E-state index contributed by atoms with van der Waals surface area (Å²) in [6.45, 7) is 3.70. The molecule has 9 nitrogen and oxygen atoms in total. The monoisotopic (exact) mass is 704 g/mol. The van der Waals surface area contributed by atoms with Crippen LogP contribution in [0.15, 0.2) is 81.5 Å². The number of para-hydroxylation sites is 1. The Labute approximate surface area is 272 Å². The molecule has 1 aliphatic rings. The molecule has 3 aromatic carbocycles. The van der Waals surface area contributed by atoms with Crippen molar-refractivity contribution in [1.82, 2.24) is 16.1 Å². The Balaban J connectivity index is 1.35. The molecule has 13 heteroatoms. The Bertz CT molecular complexity index is 1600. The van der Waals surface area contributed by atoms with E-state index in [1.807, 2.05) is 6.07 Å². The molecule has 43 heavy (non-hydrogen) atoms. The zero-order chi connectivity index (χ0) is 30.9. The minimum Gasteiger partial charge on any atom is -0.488 e. The number of nitrogens with one attached hydrogen (secondary N) is 3. The van der Waals surface area contributed by atoms with Crippen molar-refractivity contribution < 1.29 is 23.8 Å². The highest BCUT2D eigenvalue weighted by atomic mass is 79.9. The minimum atomic E-state index is -0.625. The number of thiocarbonyl (C=S) groups is 1. The van der Waals surface area contributed by atoms with Crippen LogP contribution in [0.4, 0.5) is 0 Å². The third-order valence-electron chi connectivity index (χ3n) is 6.09. The number of nitrogens with zero attached hydrogens (tertiary/aromatic N) is 1. The van der Waals surface area contributed by atoms with Gasteiger partial charge in [-0.25, -0.2) is 10.2 Å². The van der Waals surface area contributed by atoms with Crippen LogP contribution in [0.25, 0.3) is 0 Å². The van der Waals surface area contributed by atoms with Crippen molar-refractivity contribution in [2.75, 3.05) is 13.2 Å².